The van der Waals surface area contributed by atoms with Gasteiger partial charge in [0.1, 0.15) is 0 Å². The van der Waals surface area contributed by atoms with E-state index < -0.39 is 17.6 Å². The van der Waals surface area contributed by atoms with Gasteiger partial charge >= 0.3 is 6.18 Å². The van der Waals surface area contributed by atoms with Crippen molar-refractivity contribution in [1.29, 1.82) is 0 Å². The van der Waals surface area contributed by atoms with Crippen LogP contribution in [0.25, 0.3) is 0 Å². The van der Waals surface area contributed by atoms with Gasteiger partial charge in [-0.15, -0.1) is 0 Å². The van der Waals surface area contributed by atoms with Crippen molar-refractivity contribution in [3.8, 4) is 0 Å². The molecule has 0 bridgehead atoms. The summed E-state index contributed by atoms with van der Waals surface area (Å²) >= 11 is 0. The van der Waals surface area contributed by atoms with E-state index in [1.807, 2.05) is 30.3 Å². The summed E-state index contributed by atoms with van der Waals surface area (Å²) in [5, 5.41) is 3.32. The smallest absolute Gasteiger partial charge is 0.378 e. The molecule has 0 amide bonds. The number of hydrogen-bond donors (Lipinski definition) is 2. The molecule has 2 nitrogen and oxygen atoms in total. The molecule has 1 aliphatic carbocycles. The van der Waals surface area contributed by atoms with Crippen molar-refractivity contribution in [1.82, 2.24) is 0 Å². The monoisotopic (exact) mass is 272 g/mol. The standard InChI is InChI=1S/C14H19F3N2/c15-14(16,17)11-6-8-13(10-18,9-7-11)19-12-4-2-1-3-5-12/h1-5,11,19H,6-10,18H2. The molecule has 5 heteroatoms. The number of nitrogens with two attached hydrogens (primary N) is 1. The number of rotatable bonds is 3. The van der Waals surface area contributed by atoms with E-state index in [9.17, 15) is 13.2 Å². The Kier molecular flexibility index (Phi) is 4.04. The first-order valence-electron chi connectivity index (χ1n) is 6.55. The van der Waals surface area contributed by atoms with Gasteiger partial charge in [-0.25, -0.2) is 0 Å². The third kappa shape index (κ3) is 3.41. The molecule has 19 heavy (non-hydrogen) atoms. The Balaban J connectivity index is 2.02. The average molecular weight is 272 g/mol. The van der Waals surface area contributed by atoms with Crippen molar-refractivity contribution >= 4 is 5.69 Å². The van der Waals surface area contributed by atoms with Gasteiger partial charge in [-0.05, 0) is 37.8 Å². The zero-order valence-electron chi connectivity index (χ0n) is 10.7. The van der Waals surface area contributed by atoms with Crippen LogP contribution in [-0.4, -0.2) is 18.3 Å². The Morgan fingerprint density at radius 3 is 2.21 bits per heavy atom. The van der Waals surface area contributed by atoms with Crippen molar-refractivity contribution in [2.24, 2.45) is 11.7 Å². The van der Waals surface area contributed by atoms with E-state index in [2.05, 4.69) is 5.32 Å². The van der Waals surface area contributed by atoms with Crippen LogP contribution in [0.3, 0.4) is 0 Å². The van der Waals surface area contributed by atoms with Gasteiger partial charge in [-0.1, -0.05) is 18.2 Å². The summed E-state index contributed by atoms with van der Waals surface area (Å²) in [5.41, 5.74) is 6.31. The molecule has 0 radical (unpaired) electrons. The highest BCUT2D eigenvalue weighted by atomic mass is 19.4. The van der Waals surface area contributed by atoms with Crippen LogP contribution in [0.1, 0.15) is 25.7 Å². The van der Waals surface area contributed by atoms with Gasteiger partial charge in [0.05, 0.1) is 5.92 Å². The van der Waals surface area contributed by atoms with E-state index >= 15 is 0 Å². The van der Waals surface area contributed by atoms with Gasteiger partial charge in [0, 0.05) is 17.8 Å². The molecule has 1 aliphatic rings. The maximum absolute atomic E-state index is 12.7. The van der Waals surface area contributed by atoms with E-state index in [4.69, 9.17) is 5.73 Å². The van der Waals surface area contributed by atoms with Crippen molar-refractivity contribution in [2.75, 3.05) is 11.9 Å². The van der Waals surface area contributed by atoms with Gasteiger partial charge < -0.3 is 11.1 Å². The topological polar surface area (TPSA) is 38.0 Å². The fraction of sp³-hybridized carbons (Fsp3) is 0.571. The molecular formula is C14H19F3N2. The minimum atomic E-state index is -4.08. The summed E-state index contributed by atoms with van der Waals surface area (Å²) in [4.78, 5) is 0. The summed E-state index contributed by atoms with van der Waals surface area (Å²) in [6.45, 7) is 0.354. The lowest BCUT2D eigenvalue weighted by Gasteiger charge is -2.41. The number of anilines is 1. The molecule has 3 N–H and O–H groups in total. The molecule has 1 aromatic carbocycles. The second kappa shape index (κ2) is 5.41. The highest BCUT2D eigenvalue weighted by Crippen LogP contribution is 2.41. The SMILES string of the molecule is NCC1(Nc2ccccc2)CCC(C(F)(F)F)CC1. The summed E-state index contributed by atoms with van der Waals surface area (Å²) < 4.78 is 38.0. The third-order valence-corrected chi connectivity index (χ3v) is 3.98. The van der Waals surface area contributed by atoms with Crippen molar-refractivity contribution in [3.63, 3.8) is 0 Å². The van der Waals surface area contributed by atoms with Gasteiger partial charge in [0.25, 0.3) is 0 Å². The molecule has 106 valence electrons. The normalized spacial score (nSPS) is 28.1. The maximum Gasteiger partial charge on any atom is 0.391 e. The number of alkyl halides is 3. The van der Waals surface area contributed by atoms with Crippen LogP contribution in [0.15, 0.2) is 30.3 Å². The van der Waals surface area contributed by atoms with Crippen LogP contribution in [-0.2, 0) is 0 Å². The molecule has 1 saturated carbocycles. The van der Waals surface area contributed by atoms with Gasteiger partial charge in [0.15, 0.2) is 0 Å². The molecule has 1 aromatic rings. The molecule has 0 unspecified atom stereocenters. The van der Waals surface area contributed by atoms with Crippen molar-refractivity contribution in [3.05, 3.63) is 30.3 Å². The van der Waals surface area contributed by atoms with Gasteiger partial charge in [0.2, 0.25) is 0 Å². The van der Waals surface area contributed by atoms with Gasteiger partial charge in [-0.2, -0.15) is 13.2 Å². The maximum atomic E-state index is 12.7. The zero-order chi connectivity index (χ0) is 13.9. The van der Waals surface area contributed by atoms with Crippen LogP contribution in [0, 0.1) is 5.92 Å². The van der Waals surface area contributed by atoms with Crippen LogP contribution in [0.2, 0.25) is 0 Å². The van der Waals surface area contributed by atoms with E-state index in [0.717, 1.165) is 5.69 Å². The largest absolute Gasteiger partial charge is 0.391 e. The summed E-state index contributed by atoms with van der Waals surface area (Å²) in [5.74, 6) is -1.18. The zero-order valence-corrected chi connectivity index (χ0v) is 10.7. The van der Waals surface area contributed by atoms with E-state index in [-0.39, 0.29) is 12.8 Å². The third-order valence-electron chi connectivity index (χ3n) is 3.98. The highest BCUT2D eigenvalue weighted by Gasteiger charge is 2.45. The van der Waals surface area contributed by atoms with Crippen LogP contribution in [0.5, 0.6) is 0 Å². The van der Waals surface area contributed by atoms with Crippen molar-refractivity contribution in [2.45, 2.75) is 37.4 Å². The van der Waals surface area contributed by atoms with Crippen LogP contribution >= 0.6 is 0 Å². The van der Waals surface area contributed by atoms with E-state index in [1.54, 1.807) is 0 Å². The molecule has 0 heterocycles. The quantitative estimate of drug-likeness (QED) is 0.883. The first kappa shape index (κ1) is 14.2. The molecule has 0 saturated heterocycles. The first-order chi connectivity index (χ1) is 8.95. The Morgan fingerprint density at radius 2 is 1.74 bits per heavy atom. The average Bonchev–Trinajstić information content (AvgIpc) is 2.39. The second-order valence-corrected chi connectivity index (χ2v) is 5.29. The second-order valence-electron chi connectivity index (χ2n) is 5.29. The Bertz CT molecular complexity index is 395. The Hall–Kier alpha value is -1.23. The van der Waals surface area contributed by atoms with Gasteiger partial charge in [-0.3, -0.25) is 0 Å². The lowest BCUT2D eigenvalue weighted by Crippen LogP contribution is -2.49. The molecule has 2 rings (SSSR count). The summed E-state index contributed by atoms with van der Waals surface area (Å²) in [6, 6.07) is 9.52. The summed E-state index contributed by atoms with van der Waals surface area (Å²) in [7, 11) is 0. The lowest BCUT2D eigenvalue weighted by molar-refractivity contribution is -0.183. The predicted octanol–water partition coefficient (Wildman–Crippen LogP) is 3.55. The fourth-order valence-electron chi connectivity index (χ4n) is 2.71. The number of benzene rings is 1. The number of para-hydroxylation sites is 1. The number of halogens is 3. The minimum absolute atomic E-state index is 0.153. The molecule has 0 spiro atoms. The van der Waals surface area contributed by atoms with E-state index in [0.29, 0.717) is 19.4 Å². The molecular weight excluding hydrogens is 253 g/mol. The minimum Gasteiger partial charge on any atom is -0.378 e. The van der Waals surface area contributed by atoms with Crippen molar-refractivity contribution < 1.29 is 13.2 Å². The molecule has 0 atom stereocenters. The predicted molar refractivity (Wildman–Crippen MR) is 69.9 cm³/mol. The van der Waals surface area contributed by atoms with Crippen LogP contribution in [0.4, 0.5) is 18.9 Å². The highest BCUT2D eigenvalue weighted by molar-refractivity contribution is 5.45. The molecule has 0 aromatic heterocycles. The number of nitrogens with one attached hydrogen (secondary N) is 1. The lowest BCUT2D eigenvalue weighted by atomic mass is 9.76. The first-order valence-corrected chi connectivity index (χ1v) is 6.55. The molecule has 1 fully saturated rings. The summed E-state index contributed by atoms with van der Waals surface area (Å²) in [6.07, 6.45) is -2.85. The Labute approximate surface area is 111 Å². The molecule has 0 aliphatic heterocycles. The van der Waals surface area contributed by atoms with Crippen LogP contribution < -0.4 is 11.1 Å². The fourth-order valence-corrected chi connectivity index (χ4v) is 2.71. The Morgan fingerprint density at radius 1 is 1.16 bits per heavy atom. The number of hydrogen-bond acceptors (Lipinski definition) is 2. The van der Waals surface area contributed by atoms with E-state index in [1.165, 1.54) is 0 Å².